The van der Waals surface area contributed by atoms with E-state index in [4.69, 9.17) is 4.52 Å². The molecule has 0 radical (unpaired) electrons. The Hall–Kier alpha value is -1.45. The highest BCUT2D eigenvalue weighted by Crippen LogP contribution is 2.13. The molecule has 0 aliphatic heterocycles. The van der Waals surface area contributed by atoms with E-state index < -0.39 is 0 Å². The maximum absolute atomic E-state index is 4.99. The molecular formula is C7H7N3O. The molecule has 0 bridgehead atoms. The van der Waals surface area contributed by atoms with Gasteiger partial charge >= 0.3 is 0 Å². The number of hydrogen-bond donors (Lipinski definition) is 0. The van der Waals surface area contributed by atoms with E-state index in [1.807, 2.05) is 6.92 Å². The number of hydrogen-bond acceptors (Lipinski definition) is 4. The molecule has 56 valence electrons. The zero-order valence-corrected chi connectivity index (χ0v) is 6.11. The SMILES string of the molecule is CCc1noc2ccnnc12. The van der Waals surface area contributed by atoms with Crippen LogP contribution in [0, 0.1) is 0 Å². The summed E-state index contributed by atoms with van der Waals surface area (Å²) < 4.78 is 4.99. The summed E-state index contributed by atoms with van der Waals surface area (Å²) in [6, 6.07) is 1.76. The zero-order chi connectivity index (χ0) is 7.68. The molecule has 0 N–H and O–H groups in total. The first-order valence-corrected chi connectivity index (χ1v) is 3.47. The third-order valence-electron chi connectivity index (χ3n) is 1.55. The Kier molecular flexibility index (Phi) is 1.31. The van der Waals surface area contributed by atoms with Crippen LogP contribution in [0.2, 0.25) is 0 Å². The summed E-state index contributed by atoms with van der Waals surface area (Å²) in [4.78, 5) is 0. The summed E-state index contributed by atoms with van der Waals surface area (Å²) in [5, 5.41) is 11.5. The van der Waals surface area contributed by atoms with Gasteiger partial charge in [0.05, 0.1) is 6.20 Å². The highest BCUT2D eigenvalue weighted by Gasteiger charge is 2.05. The molecule has 0 saturated heterocycles. The standard InChI is InChI=1S/C7H7N3O/c1-2-5-7-6(11-10-5)3-4-8-9-7/h3-4H,2H2,1H3. The molecule has 2 rings (SSSR count). The lowest BCUT2D eigenvalue weighted by Crippen LogP contribution is -1.83. The summed E-state index contributed by atoms with van der Waals surface area (Å²) in [5.74, 6) is 0. The molecule has 0 fully saturated rings. The Morgan fingerprint density at radius 2 is 2.45 bits per heavy atom. The van der Waals surface area contributed by atoms with Gasteiger partial charge in [0.15, 0.2) is 11.1 Å². The molecule has 4 heteroatoms. The summed E-state index contributed by atoms with van der Waals surface area (Å²) >= 11 is 0. The third-order valence-corrected chi connectivity index (χ3v) is 1.55. The van der Waals surface area contributed by atoms with E-state index in [1.54, 1.807) is 12.3 Å². The molecule has 0 unspecified atom stereocenters. The van der Waals surface area contributed by atoms with E-state index in [2.05, 4.69) is 15.4 Å². The van der Waals surface area contributed by atoms with Crippen LogP contribution in [0.1, 0.15) is 12.6 Å². The lowest BCUT2D eigenvalue weighted by atomic mass is 10.3. The molecule has 0 amide bonds. The normalized spacial score (nSPS) is 10.6. The number of rotatable bonds is 1. The van der Waals surface area contributed by atoms with Crippen molar-refractivity contribution in [1.82, 2.24) is 15.4 Å². The smallest absolute Gasteiger partial charge is 0.189 e. The molecule has 4 nitrogen and oxygen atoms in total. The van der Waals surface area contributed by atoms with Crippen LogP contribution in [0.4, 0.5) is 0 Å². The van der Waals surface area contributed by atoms with Crippen LogP contribution in [0.3, 0.4) is 0 Å². The molecule has 11 heavy (non-hydrogen) atoms. The van der Waals surface area contributed by atoms with Crippen molar-refractivity contribution in [2.75, 3.05) is 0 Å². The highest BCUT2D eigenvalue weighted by molar-refractivity contribution is 5.73. The Labute approximate surface area is 63.2 Å². The molecule has 0 aromatic carbocycles. The van der Waals surface area contributed by atoms with Gasteiger partial charge in [0, 0.05) is 6.07 Å². The lowest BCUT2D eigenvalue weighted by Gasteiger charge is -1.83. The monoisotopic (exact) mass is 149 g/mol. The van der Waals surface area contributed by atoms with Crippen molar-refractivity contribution < 1.29 is 4.52 Å². The number of nitrogens with zero attached hydrogens (tertiary/aromatic N) is 3. The first-order chi connectivity index (χ1) is 5.42. The van der Waals surface area contributed by atoms with Gasteiger partial charge in [-0.3, -0.25) is 0 Å². The van der Waals surface area contributed by atoms with Crippen molar-refractivity contribution in [2.24, 2.45) is 0 Å². The molecule has 0 spiro atoms. The van der Waals surface area contributed by atoms with Gasteiger partial charge in [-0.25, -0.2) is 0 Å². The van der Waals surface area contributed by atoms with E-state index in [9.17, 15) is 0 Å². The van der Waals surface area contributed by atoms with Crippen LogP contribution < -0.4 is 0 Å². The summed E-state index contributed by atoms with van der Waals surface area (Å²) in [5.41, 5.74) is 2.35. The second-order valence-electron chi connectivity index (χ2n) is 2.23. The average molecular weight is 149 g/mol. The number of fused-ring (bicyclic) bond motifs is 1. The van der Waals surface area contributed by atoms with Gasteiger partial charge in [-0.1, -0.05) is 12.1 Å². The predicted octanol–water partition coefficient (Wildman–Crippen LogP) is 1.18. The van der Waals surface area contributed by atoms with E-state index >= 15 is 0 Å². The van der Waals surface area contributed by atoms with E-state index in [0.717, 1.165) is 17.6 Å². The third kappa shape index (κ3) is 0.869. The lowest BCUT2D eigenvalue weighted by molar-refractivity contribution is 0.447. The molecular weight excluding hydrogens is 142 g/mol. The van der Waals surface area contributed by atoms with Crippen LogP contribution in [-0.2, 0) is 6.42 Å². The van der Waals surface area contributed by atoms with Crippen LogP contribution >= 0.6 is 0 Å². The Bertz CT molecular complexity index is 368. The molecule has 0 aliphatic carbocycles. The maximum Gasteiger partial charge on any atom is 0.189 e. The van der Waals surface area contributed by atoms with Gasteiger partial charge in [-0.05, 0) is 6.42 Å². The van der Waals surface area contributed by atoms with Crippen LogP contribution in [0.15, 0.2) is 16.8 Å². The van der Waals surface area contributed by atoms with Gasteiger partial charge in [-0.2, -0.15) is 5.10 Å². The maximum atomic E-state index is 4.99. The minimum absolute atomic E-state index is 0.705. The summed E-state index contributed by atoms with van der Waals surface area (Å²) in [6.07, 6.45) is 2.42. The minimum Gasteiger partial charge on any atom is -0.354 e. The van der Waals surface area contributed by atoms with Crippen molar-refractivity contribution >= 4 is 11.1 Å². The molecule has 0 saturated carbocycles. The molecule has 0 aliphatic rings. The van der Waals surface area contributed by atoms with E-state index in [1.165, 1.54) is 0 Å². The van der Waals surface area contributed by atoms with Crippen LogP contribution in [0.5, 0.6) is 0 Å². The first kappa shape index (κ1) is 6.27. The molecule has 2 aromatic heterocycles. The fourth-order valence-electron chi connectivity index (χ4n) is 0.973. The van der Waals surface area contributed by atoms with Crippen molar-refractivity contribution in [3.63, 3.8) is 0 Å². The van der Waals surface area contributed by atoms with Crippen molar-refractivity contribution in [3.05, 3.63) is 18.0 Å². The predicted molar refractivity (Wildman–Crippen MR) is 39.0 cm³/mol. The van der Waals surface area contributed by atoms with Crippen molar-refractivity contribution in [3.8, 4) is 0 Å². The summed E-state index contributed by atoms with van der Waals surface area (Å²) in [6.45, 7) is 2.01. The second-order valence-corrected chi connectivity index (χ2v) is 2.23. The Morgan fingerprint density at radius 1 is 1.55 bits per heavy atom. The average Bonchev–Trinajstić information content (AvgIpc) is 2.47. The Morgan fingerprint density at radius 3 is 3.27 bits per heavy atom. The van der Waals surface area contributed by atoms with Gasteiger partial charge < -0.3 is 4.52 Å². The number of aryl methyl sites for hydroxylation is 1. The zero-order valence-electron chi connectivity index (χ0n) is 6.11. The first-order valence-electron chi connectivity index (χ1n) is 3.47. The van der Waals surface area contributed by atoms with Gasteiger partial charge in [0.2, 0.25) is 0 Å². The van der Waals surface area contributed by atoms with E-state index in [-0.39, 0.29) is 0 Å². The number of aromatic nitrogens is 3. The topological polar surface area (TPSA) is 51.8 Å². The molecule has 0 atom stereocenters. The Balaban J connectivity index is 2.76. The highest BCUT2D eigenvalue weighted by atomic mass is 16.5. The van der Waals surface area contributed by atoms with Gasteiger partial charge in [0.25, 0.3) is 0 Å². The van der Waals surface area contributed by atoms with Gasteiger partial charge in [-0.15, -0.1) is 5.10 Å². The van der Waals surface area contributed by atoms with Gasteiger partial charge in [0.1, 0.15) is 5.69 Å². The van der Waals surface area contributed by atoms with E-state index in [0.29, 0.717) is 5.58 Å². The molecule has 2 heterocycles. The van der Waals surface area contributed by atoms with Crippen LogP contribution in [0.25, 0.3) is 11.1 Å². The minimum atomic E-state index is 0.705. The summed E-state index contributed by atoms with van der Waals surface area (Å²) in [7, 11) is 0. The fraction of sp³-hybridized carbons (Fsp3) is 0.286. The van der Waals surface area contributed by atoms with Crippen LogP contribution in [-0.4, -0.2) is 15.4 Å². The largest absolute Gasteiger partial charge is 0.354 e. The van der Waals surface area contributed by atoms with Crippen molar-refractivity contribution in [1.29, 1.82) is 0 Å². The van der Waals surface area contributed by atoms with Crippen molar-refractivity contribution in [2.45, 2.75) is 13.3 Å². The molecule has 2 aromatic rings. The second kappa shape index (κ2) is 2.30. The quantitative estimate of drug-likeness (QED) is 0.610. The fourth-order valence-corrected chi connectivity index (χ4v) is 0.973.